The van der Waals surface area contributed by atoms with Gasteiger partial charge in [0.05, 0.1) is 13.1 Å². The maximum atomic E-state index is 11.7. The van der Waals surface area contributed by atoms with Crippen LogP contribution in [0.2, 0.25) is 0 Å². The monoisotopic (exact) mass is 231 g/mol. The minimum Gasteiger partial charge on any atom is -0.336 e. The lowest BCUT2D eigenvalue weighted by Gasteiger charge is -2.17. The Bertz CT molecular complexity index is 438. The topological polar surface area (TPSA) is 47.4 Å². The first-order valence-corrected chi connectivity index (χ1v) is 5.79. The van der Waals surface area contributed by atoms with Gasteiger partial charge in [0.2, 0.25) is 11.9 Å². The van der Waals surface area contributed by atoms with Crippen molar-refractivity contribution in [2.45, 2.75) is 19.9 Å². The zero-order valence-corrected chi connectivity index (χ0v) is 10.2. The van der Waals surface area contributed by atoms with Gasteiger partial charge in [-0.2, -0.15) is 0 Å². The van der Waals surface area contributed by atoms with E-state index in [1.165, 1.54) is 10.5 Å². The number of aryl methyl sites for hydroxylation is 1. The first-order chi connectivity index (χ1) is 8.11. The summed E-state index contributed by atoms with van der Waals surface area (Å²) in [6.07, 6.45) is 1.02. The lowest BCUT2D eigenvalue weighted by atomic mass is 10.1. The van der Waals surface area contributed by atoms with E-state index in [1.54, 1.807) is 11.9 Å². The van der Waals surface area contributed by atoms with Gasteiger partial charge in [-0.3, -0.25) is 15.1 Å². The molecule has 90 valence electrons. The molecule has 17 heavy (non-hydrogen) atoms. The van der Waals surface area contributed by atoms with Gasteiger partial charge in [0, 0.05) is 7.05 Å². The van der Waals surface area contributed by atoms with Crippen LogP contribution in [0.15, 0.2) is 24.3 Å². The Balaban J connectivity index is 2.10. The number of amides is 1. The largest absolute Gasteiger partial charge is 0.336 e. The van der Waals surface area contributed by atoms with E-state index in [4.69, 9.17) is 5.41 Å². The van der Waals surface area contributed by atoms with Gasteiger partial charge in [-0.1, -0.05) is 31.2 Å². The van der Waals surface area contributed by atoms with Crippen molar-refractivity contribution >= 4 is 11.9 Å². The molecule has 1 aliphatic rings. The summed E-state index contributed by atoms with van der Waals surface area (Å²) in [5.74, 6) is 0.284. The van der Waals surface area contributed by atoms with Crippen LogP contribution in [0, 0.1) is 5.41 Å². The van der Waals surface area contributed by atoms with Crippen LogP contribution in [0.3, 0.4) is 0 Å². The van der Waals surface area contributed by atoms with Crippen LogP contribution in [0.4, 0.5) is 0 Å². The van der Waals surface area contributed by atoms with Gasteiger partial charge in [0.25, 0.3) is 0 Å². The molecule has 1 fully saturated rings. The first-order valence-electron chi connectivity index (χ1n) is 5.79. The molecule has 0 atom stereocenters. The van der Waals surface area contributed by atoms with Crippen LogP contribution in [0.25, 0.3) is 0 Å². The molecule has 0 unspecified atom stereocenters. The fourth-order valence-electron chi connectivity index (χ4n) is 1.91. The first kappa shape index (κ1) is 11.6. The minimum atomic E-state index is -0.00271. The number of nitrogens with zero attached hydrogens (tertiary/aromatic N) is 2. The maximum absolute atomic E-state index is 11.7. The zero-order valence-electron chi connectivity index (χ0n) is 10.2. The number of guanidine groups is 1. The minimum absolute atomic E-state index is 0.00271. The maximum Gasteiger partial charge on any atom is 0.249 e. The van der Waals surface area contributed by atoms with E-state index in [9.17, 15) is 4.79 Å². The number of hydrogen-bond donors (Lipinski definition) is 1. The fourth-order valence-corrected chi connectivity index (χ4v) is 1.91. The van der Waals surface area contributed by atoms with Crippen LogP contribution in [0.5, 0.6) is 0 Å². The van der Waals surface area contributed by atoms with E-state index in [2.05, 4.69) is 19.1 Å². The summed E-state index contributed by atoms with van der Waals surface area (Å²) >= 11 is 0. The number of nitrogens with one attached hydrogen (secondary N) is 1. The van der Waals surface area contributed by atoms with Gasteiger partial charge in [-0.25, -0.2) is 0 Å². The molecule has 0 radical (unpaired) electrons. The molecule has 1 amide bonds. The Kier molecular flexibility index (Phi) is 3.13. The Hall–Kier alpha value is -1.84. The Morgan fingerprint density at radius 3 is 2.29 bits per heavy atom. The highest BCUT2D eigenvalue weighted by atomic mass is 16.2. The summed E-state index contributed by atoms with van der Waals surface area (Å²) in [7, 11) is 1.76. The number of carbonyl (C=O) groups is 1. The molecule has 2 rings (SSSR count). The molecular weight excluding hydrogens is 214 g/mol. The second-order valence-electron chi connectivity index (χ2n) is 4.33. The van der Waals surface area contributed by atoms with Crippen molar-refractivity contribution in [3.05, 3.63) is 35.4 Å². The predicted octanol–water partition coefficient (Wildman–Crippen LogP) is 1.46. The second kappa shape index (κ2) is 4.57. The fraction of sp³-hybridized carbons (Fsp3) is 0.385. The quantitative estimate of drug-likeness (QED) is 0.856. The molecule has 1 heterocycles. The third-order valence-electron chi connectivity index (χ3n) is 3.06. The number of likely N-dealkylation sites (N-methyl/N-ethyl adjacent to an activating group) is 1. The van der Waals surface area contributed by atoms with Crippen molar-refractivity contribution < 1.29 is 4.79 Å². The van der Waals surface area contributed by atoms with E-state index in [1.807, 2.05) is 12.1 Å². The van der Waals surface area contributed by atoms with Gasteiger partial charge in [0.1, 0.15) is 0 Å². The van der Waals surface area contributed by atoms with Crippen LogP contribution < -0.4 is 0 Å². The Morgan fingerprint density at radius 2 is 1.82 bits per heavy atom. The van der Waals surface area contributed by atoms with E-state index in [0.29, 0.717) is 13.1 Å². The van der Waals surface area contributed by atoms with E-state index in [0.717, 1.165) is 12.0 Å². The highest BCUT2D eigenvalue weighted by Crippen LogP contribution is 2.13. The highest BCUT2D eigenvalue weighted by molar-refractivity contribution is 6.02. The molecule has 0 bridgehead atoms. The summed E-state index contributed by atoms with van der Waals surface area (Å²) in [4.78, 5) is 14.8. The third-order valence-corrected chi connectivity index (χ3v) is 3.06. The zero-order chi connectivity index (χ0) is 12.4. The Labute approximate surface area is 101 Å². The molecule has 1 aliphatic heterocycles. The molecule has 0 spiro atoms. The van der Waals surface area contributed by atoms with Crippen LogP contribution >= 0.6 is 0 Å². The summed E-state index contributed by atoms with van der Waals surface area (Å²) < 4.78 is 0. The molecule has 1 aromatic rings. The van der Waals surface area contributed by atoms with Crippen molar-refractivity contribution in [1.29, 1.82) is 5.41 Å². The standard InChI is InChI=1S/C13H17N3O/c1-3-10-4-6-11(7-5-10)8-16-12(17)9-15(2)13(16)14/h4-7,14H,3,8-9H2,1-2H3. The van der Waals surface area contributed by atoms with E-state index >= 15 is 0 Å². The summed E-state index contributed by atoms with van der Waals surface area (Å²) in [6.45, 7) is 2.92. The molecule has 1 aromatic carbocycles. The van der Waals surface area contributed by atoms with Crippen LogP contribution in [0.1, 0.15) is 18.1 Å². The molecule has 0 aliphatic carbocycles. The summed E-state index contributed by atoms with van der Waals surface area (Å²) in [5, 5.41) is 7.80. The smallest absolute Gasteiger partial charge is 0.249 e. The van der Waals surface area contributed by atoms with Crippen molar-refractivity contribution in [2.75, 3.05) is 13.6 Å². The highest BCUT2D eigenvalue weighted by Gasteiger charge is 2.30. The lowest BCUT2D eigenvalue weighted by Crippen LogP contribution is -2.31. The molecule has 4 nitrogen and oxygen atoms in total. The van der Waals surface area contributed by atoms with Gasteiger partial charge >= 0.3 is 0 Å². The van der Waals surface area contributed by atoms with Crippen LogP contribution in [-0.4, -0.2) is 35.3 Å². The molecule has 1 saturated heterocycles. The average molecular weight is 231 g/mol. The Morgan fingerprint density at radius 1 is 1.24 bits per heavy atom. The van der Waals surface area contributed by atoms with E-state index in [-0.39, 0.29) is 11.9 Å². The molecule has 1 N–H and O–H groups in total. The lowest BCUT2D eigenvalue weighted by molar-refractivity contribution is -0.125. The molecule has 4 heteroatoms. The molecule has 0 saturated carbocycles. The van der Waals surface area contributed by atoms with Gasteiger partial charge in [0.15, 0.2) is 0 Å². The van der Waals surface area contributed by atoms with E-state index < -0.39 is 0 Å². The van der Waals surface area contributed by atoms with Crippen molar-refractivity contribution in [1.82, 2.24) is 9.80 Å². The summed E-state index contributed by atoms with van der Waals surface area (Å²) in [5.41, 5.74) is 2.35. The van der Waals surface area contributed by atoms with Gasteiger partial charge < -0.3 is 4.90 Å². The predicted molar refractivity (Wildman–Crippen MR) is 66.7 cm³/mol. The second-order valence-corrected chi connectivity index (χ2v) is 4.33. The average Bonchev–Trinajstić information content (AvgIpc) is 2.57. The normalized spacial score (nSPS) is 15.9. The third kappa shape index (κ3) is 2.30. The molecular formula is C13H17N3O. The number of rotatable bonds is 3. The number of hydrogen-bond acceptors (Lipinski definition) is 2. The molecule has 0 aromatic heterocycles. The van der Waals surface area contributed by atoms with Gasteiger partial charge in [-0.15, -0.1) is 0 Å². The SMILES string of the molecule is CCc1ccc(CN2C(=N)N(C)CC2=O)cc1. The van der Waals surface area contributed by atoms with Crippen molar-refractivity contribution in [3.8, 4) is 0 Å². The van der Waals surface area contributed by atoms with Crippen molar-refractivity contribution in [2.24, 2.45) is 0 Å². The number of carbonyl (C=O) groups excluding carboxylic acids is 1. The number of benzene rings is 1. The summed E-state index contributed by atoms with van der Waals surface area (Å²) in [6, 6.07) is 8.20. The van der Waals surface area contributed by atoms with Crippen molar-refractivity contribution in [3.63, 3.8) is 0 Å². The van der Waals surface area contributed by atoms with Gasteiger partial charge in [-0.05, 0) is 17.5 Å². The van der Waals surface area contributed by atoms with Crippen LogP contribution in [-0.2, 0) is 17.8 Å².